The van der Waals surface area contributed by atoms with Gasteiger partial charge in [0.15, 0.2) is 11.4 Å². The molecule has 37 heavy (non-hydrogen) atoms. The molecule has 3 fully saturated rings. The summed E-state index contributed by atoms with van der Waals surface area (Å²) in [6.45, 7) is 4.55. The van der Waals surface area contributed by atoms with Crippen LogP contribution in [-0.4, -0.2) is 40.3 Å². The van der Waals surface area contributed by atoms with E-state index >= 15 is 0 Å². The van der Waals surface area contributed by atoms with E-state index in [-0.39, 0.29) is 6.10 Å². The Kier molecular flexibility index (Phi) is 6.63. The van der Waals surface area contributed by atoms with E-state index in [1.165, 1.54) is 0 Å². The fourth-order valence-corrected chi connectivity index (χ4v) is 6.19. The van der Waals surface area contributed by atoms with Gasteiger partial charge in [0.2, 0.25) is 5.89 Å². The normalized spacial score (nSPS) is 23.3. The third-order valence-electron chi connectivity index (χ3n) is 8.16. The van der Waals surface area contributed by atoms with Crippen LogP contribution in [0.25, 0.3) is 0 Å². The first kappa shape index (κ1) is 24.4. The van der Waals surface area contributed by atoms with Crippen molar-refractivity contribution >= 4 is 11.6 Å². The SMILES string of the molecule is OC(c1ccccc1)(c1ccccc1)c1ncc(C[N+]23CCC(CC2)[C@@H](OCc2ccc(Cl)cc2)C3)o1. The number of halogens is 1. The smallest absolute Gasteiger partial charge is 0.236 e. The van der Waals surface area contributed by atoms with E-state index < -0.39 is 5.60 Å². The molecular formula is C31H32ClN2O3+. The van der Waals surface area contributed by atoms with Crippen molar-refractivity contribution < 1.29 is 18.7 Å². The second kappa shape index (κ2) is 10.1. The van der Waals surface area contributed by atoms with Gasteiger partial charge < -0.3 is 18.7 Å². The lowest BCUT2D eigenvalue weighted by Gasteiger charge is -2.52. The lowest BCUT2D eigenvalue weighted by molar-refractivity contribution is -0.959. The largest absolute Gasteiger partial charge is 0.436 e. The highest BCUT2D eigenvalue weighted by atomic mass is 35.5. The first-order chi connectivity index (χ1) is 18.0. The maximum atomic E-state index is 12.0. The molecule has 4 aromatic rings. The van der Waals surface area contributed by atoms with Gasteiger partial charge in [0, 0.05) is 23.8 Å². The van der Waals surface area contributed by atoms with Crippen molar-refractivity contribution in [2.24, 2.45) is 5.92 Å². The number of benzene rings is 3. The molecular weight excluding hydrogens is 484 g/mol. The molecule has 1 N–H and O–H groups in total. The molecule has 190 valence electrons. The Hall–Kier alpha value is -2.96. The zero-order valence-electron chi connectivity index (χ0n) is 20.8. The summed E-state index contributed by atoms with van der Waals surface area (Å²) in [5, 5.41) is 12.8. The van der Waals surface area contributed by atoms with Crippen molar-refractivity contribution in [2.75, 3.05) is 19.6 Å². The van der Waals surface area contributed by atoms with Crippen molar-refractivity contribution in [3.05, 3.63) is 124 Å². The molecule has 4 heterocycles. The average molecular weight is 516 g/mol. The first-order valence-corrected chi connectivity index (χ1v) is 13.4. The fourth-order valence-electron chi connectivity index (χ4n) is 6.07. The topological polar surface area (TPSA) is 55.5 Å². The van der Waals surface area contributed by atoms with Crippen LogP contribution in [0.2, 0.25) is 5.02 Å². The minimum atomic E-state index is -1.46. The Balaban J connectivity index is 1.21. The molecule has 0 radical (unpaired) electrons. The summed E-state index contributed by atoms with van der Waals surface area (Å²) in [5.41, 5.74) is 1.15. The lowest BCUT2D eigenvalue weighted by atomic mass is 9.83. The number of fused-ring (bicyclic) bond motifs is 3. The molecule has 1 atom stereocenters. The monoisotopic (exact) mass is 515 g/mol. The van der Waals surface area contributed by atoms with Crippen LogP contribution in [0.3, 0.4) is 0 Å². The summed E-state index contributed by atoms with van der Waals surface area (Å²) >= 11 is 6.03. The quantitative estimate of drug-likeness (QED) is 0.295. The number of aromatic nitrogens is 1. The third kappa shape index (κ3) is 4.85. The summed E-state index contributed by atoms with van der Waals surface area (Å²) in [4.78, 5) is 4.62. The molecule has 0 unspecified atom stereocenters. The Bertz CT molecular complexity index is 1280. The second-order valence-corrected chi connectivity index (χ2v) is 11.0. The summed E-state index contributed by atoms with van der Waals surface area (Å²) in [7, 11) is 0. The Morgan fingerprint density at radius 1 is 0.919 bits per heavy atom. The zero-order valence-corrected chi connectivity index (χ0v) is 21.6. The van der Waals surface area contributed by atoms with Crippen LogP contribution in [-0.2, 0) is 23.5 Å². The number of aliphatic hydroxyl groups is 1. The fraction of sp³-hybridized carbons (Fsp3) is 0.323. The molecule has 0 saturated carbocycles. The van der Waals surface area contributed by atoms with Crippen LogP contribution in [0, 0.1) is 5.92 Å². The van der Waals surface area contributed by atoms with Crippen LogP contribution in [0.1, 0.15) is 41.2 Å². The second-order valence-electron chi connectivity index (χ2n) is 10.5. The van der Waals surface area contributed by atoms with Gasteiger partial charge >= 0.3 is 0 Å². The van der Waals surface area contributed by atoms with Crippen LogP contribution < -0.4 is 0 Å². The summed E-state index contributed by atoms with van der Waals surface area (Å²) in [5.74, 6) is 1.72. The number of rotatable bonds is 8. The van der Waals surface area contributed by atoms with Crippen molar-refractivity contribution in [2.45, 2.75) is 37.7 Å². The number of quaternary nitrogens is 1. The van der Waals surface area contributed by atoms with Crippen molar-refractivity contribution in [3.63, 3.8) is 0 Å². The van der Waals surface area contributed by atoms with Crippen LogP contribution >= 0.6 is 11.6 Å². The summed E-state index contributed by atoms with van der Waals surface area (Å²) in [6, 6.07) is 27.1. The molecule has 0 spiro atoms. The Morgan fingerprint density at radius 2 is 1.54 bits per heavy atom. The highest BCUT2D eigenvalue weighted by Crippen LogP contribution is 2.39. The highest BCUT2D eigenvalue weighted by molar-refractivity contribution is 6.30. The van der Waals surface area contributed by atoms with Gasteiger partial charge in [0.1, 0.15) is 19.2 Å². The average Bonchev–Trinajstić information content (AvgIpc) is 3.42. The van der Waals surface area contributed by atoms with Crippen molar-refractivity contribution in [1.82, 2.24) is 4.98 Å². The maximum absolute atomic E-state index is 12.0. The van der Waals surface area contributed by atoms with Gasteiger partial charge in [0.05, 0.1) is 25.9 Å². The van der Waals surface area contributed by atoms with Gasteiger partial charge in [-0.2, -0.15) is 0 Å². The van der Waals surface area contributed by atoms with E-state index in [4.69, 9.17) is 20.8 Å². The number of nitrogens with zero attached hydrogens (tertiary/aromatic N) is 2. The molecule has 1 aromatic heterocycles. The van der Waals surface area contributed by atoms with E-state index in [0.29, 0.717) is 18.4 Å². The molecule has 0 amide bonds. The predicted molar refractivity (Wildman–Crippen MR) is 143 cm³/mol. The van der Waals surface area contributed by atoms with Gasteiger partial charge in [0.25, 0.3) is 0 Å². The molecule has 3 aromatic carbocycles. The van der Waals surface area contributed by atoms with Gasteiger partial charge in [-0.05, 0) is 28.8 Å². The molecule has 7 rings (SSSR count). The summed E-state index contributed by atoms with van der Waals surface area (Å²) < 4.78 is 13.7. The van der Waals surface area contributed by atoms with E-state index in [1.54, 1.807) is 6.20 Å². The predicted octanol–water partition coefficient (Wildman–Crippen LogP) is 5.94. The van der Waals surface area contributed by atoms with Gasteiger partial charge in [-0.25, -0.2) is 4.98 Å². The number of hydrogen-bond acceptors (Lipinski definition) is 4. The van der Waals surface area contributed by atoms with E-state index in [2.05, 4.69) is 4.98 Å². The van der Waals surface area contributed by atoms with Crippen LogP contribution in [0.4, 0.5) is 0 Å². The van der Waals surface area contributed by atoms with E-state index in [0.717, 1.165) is 71.0 Å². The van der Waals surface area contributed by atoms with Gasteiger partial charge in [-0.15, -0.1) is 0 Å². The van der Waals surface area contributed by atoms with Gasteiger partial charge in [-0.1, -0.05) is 84.4 Å². The van der Waals surface area contributed by atoms with E-state index in [1.807, 2.05) is 84.9 Å². The number of piperidine rings is 3. The molecule has 2 bridgehead atoms. The number of hydrogen-bond donors (Lipinski definition) is 1. The highest BCUT2D eigenvalue weighted by Gasteiger charge is 2.47. The molecule has 0 aliphatic carbocycles. The zero-order chi connectivity index (χ0) is 25.3. The molecule has 3 saturated heterocycles. The van der Waals surface area contributed by atoms with Crippen LogP contribution in [0.15, 0.2) is 95.5 Å². The minimum absolute atomic E-state index is 0.228. The molecule has 3 aliphatic heterocycles. The number of oxazole rings is 1. The Labute approximate surface area is 222 Å². The molecule has 5 nitrogen and oxygen atoms in total. The lowest BCUT2D eigenvalue weighted by Crippen LogP contribution is -2.63. The van der Waals surface area contributed by atoms with Crippen molar-refractivity contribution in [3.8, 4) is 0 Å². The maximum Gasteiger partial charge on any atom is 0.236 e. The summed E-state index contributed by atoms with van der Waals surface area (Å²) in [6.07, 6.45) is 4.34. The van der Waals surface area contributed by atoms with E-state index in [9.17, 15) is 5.11 Å². The van der Waals surface area contributed by atoms with Crippen LogP contribution in [0.5, 0.6) is 0 Å². The standard InChI is InChI=1S/C31H32ClN2O3/c32-27-13-11-23(12-14-27)22-36-29-21-34(17-15-24(29)16-18-34)20-28-19-33-30(37-28)31(35,25-7-3-1-4-8-25)26-9-5-2-6-10-26/h1-14,19,24,29,35H,15-18,20-22H2/q+1/t24?,29-,34?/m0/s1. The Morgan fingerprint density at radius 3 is 2.16 bits per heavy atom. The number of ether oxygens (including phenoxy) is 1. The minimum Gasteiger partial charge on any atom is -0.436 e. The molecule has 6 heteroatoms. The van der Waals surface area contributed by atoms with Gasteiger partial charge in [-0.3, -0.25) is 0 Å². The molecule has 3 aliphatic rings. The first-order valence-electron chi connectivity index (χ1n) is 13.0. The third-order valence-corrected chi connectivity index (χ3v) is 8.41. The van der Waals surface area contributed by atoms with Crippen molar-refractivity contribution in [1.29, 1.82) is 0 Å².